The molecule has 0 amide bonds. The molecule has 0 bridgehead atoms. The second kappa shape index (κ2) is 4.86. The van der Waals surface area contributed by atoms with Crippen molar-refractivity contribution in [3.05, 3.63) is 28.2 Å². The Hall–Kier alpha value is -0.380. The van der Waals surface area contributed by atoms with Crippen LogP contribution in [0.5, 0.6) is 0 Å². The third-order valence-electron chi connectivity index (χ3n) is 2.45. The van der Waals surface area contributed by atoms with Crippen LogP contribution in [0.15, 0.2) is 23.1 Å². The smallest absolute Gasteiger partial charge is 0.148 e. The van der Waals surface area contributed by atoms with Crippen molar-refractivity contribution in [3.8, 4) is 0 Å². The van der Waals surface area contributed by atoms with Crippen molar-refractivity contribution in [1.82, 2.24) is 0 Å². The van der Waals surface area contributed by atoms with Gasteiger partial charge in [-0.05, 0) is 25.0 Å². The SMILES string of the molecule is O=C(CS(=O)c1c(Cl)cccc1Cl)C1CC1. The second-order valence-electron chi connectivity index (χ2n) is 3.78. The van der Waals surface area contributed by atoms with Crippen molar-refractivity contribution < 1.29 is 9.00 Å². The van der Waals surface area contributed by atoms with Gasteiger partial charge in [0.25, 0.3) is 0 Å². The predicted molar refractivity (Wildman–Crippen MR) is 65.5 cm³/mol. The fraction of sp³-hybridized carbons (Fsp3) is 0.364. The Morgan fingerprint density at radius 1 is 1.31 bits per heavy atom. The maximum Gasteiger partial charge on any atom is 0.148 e. The van der Waals surface area contributed by atoms with Gasteiger partial charge in [0.1, 0.15) is 5.78 Å². The van der Waals surface area contributed by atoms with Gasteiger partial charge in [0.15, 0.2) is 0 Å². The molecule has 1 aliphatic carbocycles. The van der Waals surface area contributed by atoms with Gasteiger partial charge in [-0.1, -0.05) is 29.3 Å². The molecule has 1 aromatic carbocycles. The summed E-state index contributed by atoms with van der Waals surface area (Å²) >= 11 is 11.8. The van der Waals surface area contributed by atoms with Crippen LogP contribution in [0.2, 0.25) is 10.0 Å². The molecule has 0 N–H and O–H groups in total. The maximum absolute atomic E-state index is 12.0. The van der Waals surface area contributed by atoms with Gasteiger partial charge in [0.05, 0.1) is 31.5 Å². The molecule has 86 valence electrons. The summed E-state index contributed by atoms with van der Waals surface area (Å²) in [7, 11) is -1.43. The van der Waals surface area contributed by atoms with Crippen LogP contribution in [0.25, 0.3) is 0 Å². The van der Waals surface area contributed by atoms with E-state index in [1.54, 1.807) is 18.2 Å². The Morgan fingerprint density at radius 3 is 2.38 bits per heavy atom. The van der Waals surface area contributed by atoms with Crippen LogP contribution >= 0.6 is 23.2 Å². The van der Waals surface area contributed by atoms with E-state index in [4.69, 9.17) is 23.2 Å². The third kappa shape index (κ3) is 2.65. The van der Waals surface area contributed by atoms with Gasteiger partial charge in [-0.15, -0.1) is 0 Å². The topological polar surface area (TPSA) is 34.1 Å². The van der Waals surface area contributed by atoms with Crippen molar-refractivity contribution in [3.63, 3.8) is 0 Å². The molecule has 1 fully saturated rings. The number of carbonyl (C=O) groups excluding carboxylic acids is 1. The molecule has 0 saturated heterocycles. The van der Waals surface area contributed by atoms with Crippen LogP contribution in [0.3, 0.4) is 0 Å². The number of ketones is 1. The molecule has 1 saturated carbocycles. The minimum Gasteiger partial charge on any atom is -0.298 e. The molecular weight excluding hydrogens is 267 g/mol. The summed E-state index contributed by atoms with van der Waals surface area (Å²) in [6.07, 6.45) is 1.85. The molecule has 2 rings (SSSR count). The van der Waals surface area contributed by atoms with Crippen LogP contribution in [-0.4, -0.2) is 15.7 Å². The molecule has 1 atom stereocenters. The zero-order chi connectivity index (χ0) is 11.7. The average Bonchev–Trinajstić information content (AvgIpc) is 2.99. The molecule has 0 spiro atoms. The second-order valence-corrected chi connectivity index (χ2v) is 5.98. The summed E-state index contributed by atoms with van der Waals surface area (Å²) in [6.45, 7) is 0. The number of hydrogen-bond donors (Lipinski definition) is 0. The largest absolute Gasteiger partial charge is 0.298 e. The molecule has 5 heteroatoms. The fourth-order valence-corrected chi connectivity index (χ4v) is 3.55. The van der Waals surface area contributed by atoms with E-state index in [0.29, 0.717) is 14.9 Å². The molecule has 0 heterocycles. The molecule has 1 aromatic rings. The van der Waals surface area contributed by atoms with E-state index in [9.17, 15) is 9.00 Å². The Kier molecular flexibility index (Phi) is 3.67. The fourth-order valence-electron chi connectivity index (χ4n) is 1.42. The van der Waals surface area contributed by atoms with Crippen LogP contribution in [-0.2, 0) is 15.6 Å². The average molecular weight is 277 g/mol. The molecule has 0 aliphatic heterocycles. The predicted octanol–water partition coefficient (Wildman–Crippen LogP) is 3.08. The van der Waals surface area contributed by atoms with Gasteiger partial charge in [-0.2, -0.15) is 0 Å². The lowest BCUT2D eigenvalue weighted by molar-refractivity contribution is -0.117. The normalized spacial score (nSPS) is 17.1. The van der Waals surface area contributed by atoms with E-state index in [1.807, 2.05) is 0 Å². The zero-order valence-corrected chi connectivity index (χ0v) is 10.7. The molecule has 2 nitrogen and oxygen atoms in total. The van der Waals surface area contributed by atoms with E-state index in [1.165, 1.54) is 0 Å². The van der Waals surface area contributed by atoms with E-state index >= 15 is 0 Å². The van der Waals surface area contributed by atoms with Gasteiger partial charge in [0, 0.05) is 5.92 Å². The number of rotatable bonds is 4. The van der Waals surface area contributed by atoms with Gasteiger partial charge >= 0.3 is 0 Å². The summed E-state index contributed by atoms with van der Waals surface area (Å²) in [6, 6.07) is 4.94. The summed E-state index contributed by atoms with van der Waals surface area (Å²) < 4.78 is 12.0. The molecule has 16 heavy (non-hydrogen) atoms. The first kappa shape index (κ1) is 12.1. The van der Waals surface area contributed by atoms with Crippen LogP contribution in [0.4, 0.5) is 0 Å². The van der Waals surface area contributed by atoms with Crippen molar-refractivity contribution >= 4 is 39.8 Å². The summed E-state index contributed by atoms with van der Waals surface area (Å²) in [4.78, 5) is 11.9. The Labute approximate surface area is 106 Å². The lowest BCUT2D eigenvalue weighted by Crippen LogP contribution is -2.12. The third-order valence-corrected chi connectivity index (χ3v) is 4.75. The van der Waals surface area contributed by atoms with Gasteiger partial charge in [0.2, 0.25) is 0 Å². The van der Waals surface area contributed by atoms with E-state index in [-0.39, 0.29) is 17.5 Å². The van der Waals surface area contributed by atoms with Gasteiger partial charge < -0.3 is 0 Å². The first-order valence-electron chi connectivity index (χ1n) is 4.94. The Balaban J connectivity index is 2.16. The van der Waals surface area contributed by atoms with Crippen molar-refractivity contribution in [1.29, 1.82) is 0 Å². The maximum atomic E-state index is 12.0. The van der Waals surface area contributed by atoms with Gasteiger partial charge in [-0.3, -0.25) is 9.00 Å². The number of Topliss-reactive ketones (excluding diaryl/α,β-unsaturated/α-hetero) is 1. The first-order valence-corrected chi connectivity index (χ1v) is 7.02. The van der Waals surface area contributed by atoms with Crippen molar-refractivity contribution in [2.45, 2.75) is 17.7 Å². The number of carbonyl (C=O) groups is 1. The lowest BCUT2D eigenvalue weighted by atomic mass is 10.3. The quantitative estimate of drug-likeness (QED) is 0.847. The highest BCUT2D eigenvalue weighted by Crippen LogP contribution is 2.32. The van der Waals surface area contributed by atoms with Gasteiger partial charge in [-0.25, -0.2) is 0 Å². The monoisotopic (exact) mass is 276 g/mol. The molecule has 0 aromatic heterocycles. The summed E-state index contributed by atoms with van der Waals surface area (Å²) in [5.74, 6) is 0.188. The Bertz CT molecular complexity index is 435. The minimum absolute atomic E-state index is 0.0219. The lowest BCUT2D eigenvalue weighted by Gasteiger charge is -2.05. The Morgan fingerprint density at radius 2 is 1.88 bits per heavy atom. The summed E-state index contributed by atoms with van der Waals surface area (Å²) in [5, 5.41) is 0.712. The van der Waals surface area contributed by atoms with E-state index < -0.39 is 10.8 Å². The van der Waals surface area contributed by atoms with Crippen molar-refractivity contribution in [2.24, 2.45) is 5.92 Å². The molecule has 0 radical (unpaired) electrons. The number of benzene rings is 1. The molecule has 1 aliphatic rings. The molecule has 1 unspecified atom stereocenters. The highest BCUT2D eigenvalue weighted by atomic mass is 35.5. The highest BCUT2D eigenvalue weighted by Gasteiger charge is 2.31. The summed E-state index contributed by atoms with van der Waals surface area (Å²) in [5.41, 5.74) is 0. The first-order chi connectivity index (χ1) is 7.59. The molecular formula is C11H10Cl2O2S. The van der Waals surface area contributed by atoms with Crippen LogP contribution in [0, 0.1) is 5.92 Å². The minimum atomic E-state index is -1.43. The van der Waals surface area contributed by atoms with E-state index in [2.05, 4.69) is 0 Å². The zero-order valence-electron chi connectivity index (χ0n) is 8.41. The number of halogens is 2. The van der Waals surface area contributed by atoms with Crippen LogP contribution in [0.1, 0.15) is 12.8 Å². The van der Waals surface area contributed by atoms with E-state index in [0.717, 1.165) is 12.8 Å². The standard InChI is InChI=1S/C11H10Cl2O2S/c12-8-2-1-3-9(13)11(8)16(15)6-10(14)7-4-5-7/h1-3,7H,4-6H2. The van der Waals surface area contributed by atoms with Crippen LogP contribution < -0.4 is 0 Å². The number of hydrogen-bond acceptors (Lipinski definition) is 2. The van der Waals surface area contributed by atoms with Crippen molar-refractivity contribution in [2.75, 3.05) is 5.75 Å². The highest BCUT2D eigenvalue weighted by molar-refractivity contribution is 7.86.